The highest BCUT2D eigenvalue weighted by Crippen LogP contribution is 2.44. The molecule has 50 heavy (non-hydrogen) atoms. The van der Waals surface area contributed by atoms with Crippen molar-refractivity contribution >= 4 is 40.5 Å². The molecule has 1 N–H and O–H groups in total. The lowest BCUT2D eigenvalue weighted by Crippen LogP contribution is -2.44. The topological polar surface area (TPSA) is 126 Å². The third kappa shape index (κ3) is 9.58. The van der Waals surface area contributed by atoms with Gasteiger partial charge in [0.15, 0.2) is 10.9 Å². The number of carbonyl (C=O) groups is 2. The number of anilines is 2. The SMILES string of the molecule is COc1cc(OCCCCOCCCOCC(=O)NC(C)C(C)(C)C)ncc1N1C(=S)N(c2ccc(C#N)c(C(F)(F)F)c2F)C(=O)C1(C)C. The summed E-state index contributed by atoms with van der Waals surface area (Å²) < 4.78 is 78.7. The molecule has 1 aliphatic rings. The van der Waals surface area contributed by atoms with Crippen LogP contribution in [0.3, 0.4) is 0 Å². The first-order valence-corrected chi connectivity index (χ1v) is 16.4. The zero-order chi connectivity index (χ0) is 37.4. The number of amides is 2. The minimum absolute atomic E-state index is 0.00130. The summed E-state index contributed by atoms with van der Waals surface area (Å²) in [6.07, 6.45) is -1.85. The van der Waals surface area contributed by atoms with Gasteiger partial charge in [0.1, 0.15) is 29.1 Å². The number of nitrogens with one attached hydrogen (secondary N) is 1. The Hall–Kier alpha value is -4.07. The predicted molar refractivity (Wildman–Crippen MR) is 182 cm³/mol. The van der Waals surface area contributed by atoms with Crippen molar-refractivity contribution in [3.05, 3.63) is 41.3 Å². The Morgan fingerprint density at radius 1 is 1.08 bits per heavy atom. The molecule has 11 nitrogen and oxygen atoms in total. The molecule has 16 heteroatoms. The van der Waals surface area contributed by atoms with E-state index in [0.717, 1.165) is 12.1 Å². The fourth-order valence-electron chi connectivity index (χ4n) is 4.85. The first-order chi connectivity index (χ1) is 23.4. The third-order valence-corrected chi connectivity index (χ3v) is 8.50. The molecule has 1 aromatic heterocycles. The number of ether oxygens (including phenoxy) is 4. The minimum Gasteiger partial charge on any atom is -0.494 e. The van der Waals surface area contributed by atoms with E-state index >= 15 is 4.39 Å². The van der Waals surface area contributed by atoms with Crippen LogP contribution in [0.4, 0.5) is 28.9 Å². The molecule has 1 aliphatic heterocycles. The standard InChI is InChI=1S/C34H43F4N5O6S/c1-21(32(2,3)4)41-26(44)20-48-15-10-14-47-13-8-9-16-49-27-17-25(46-7)24(19-40-27)43-31(50)42(30(45)33(43,5)6)23-12-11-22(18-39)28(29(23)35)34(36,37)38/h11-12,17,19,21H,8-10,13-16,20H2,1-7H3,(H,41,44). The lowest BCUT2D eigenvalue weighted by molar-refractivity contribution is -0.140. The average Bonchev–Trinajstić information content (AvgIpc) is 3.20. The molecule has 1 aromatic carbocycles. The lowest BCUT2D eigenvalue weighted by Gasteiger charge is -2.30. The van der Waals surface area contributed by atoms with Crippen molar-refractivity contribution in [2.75, 3.05) is 49.9 Å². The van der Waals surface area contributed by atoms with E-state index in [0.29, 0.717) is 50.6 Å². The van der Waals surface area contributed by atoms with Gasteiger partial charge in [-0.25, -0.2) is 9.37 Å². The Labute approximate surface area is 294 Å². The van der Waals surface area contributed by atoms with E-state index in [1.165, 1.54) is 44.2 Å². The van der Waals surface area contributed by atoms with Crippen LogP contribution in [0.5, 0.6) is 11.6 Å². The van der Waals surface area contributed by atoms with Crippen LogP contribution >= 0.6 is 12.2 Å². The normalized spacial score (nSPS) is 15.2. The largest absolute Gasteiger partial charge is 0.494 e. The summed E-state index contributed by atoms with van der Waals surface area (Å²) in [5.74, 6) is -2.33. The van der Waals surface area contributed by atoms with E-state index in [-0.39, 0.29) is 46.4 Å². The fourth-order valence-corrected chi connectivity index (χ4v) is 5.36. The maximum absolute atomic E-state index is 15.3. The van der Waals surface area contributed by atoms with Gasteiger partial charge in [-0.3, -0.25) is 19.4 Å². The maximum atomic E-state index is 15.3. The lowest BCUT2D eigenvalue weighted by atomic mass is 9.88. The van der Waals surface area contributed by atoms with Gasteiger partial charge >= 0.3 is 6.18 Å². The Balaban J connectivity index is 1.53. The third-order valence-electron chi connectivity index (χ3n) is 8.14. The second-order valence-electron chi connectivity index (χ2n) is 13.2. The Morgan fingerprint density at radius 3 is 2.34 bits per heavy atom. The summed E-state index contributed by atoms with van der Waals surface area (Å²) in [6.45, 7) is 12.8. The van der Waals surface area contributed by atoms with Gasteiger partial charge in [-0.1, -0.05) is 20.8 Å². The quantitative estimate of drug-likeness (QED) is 0.122. The van der Waals surface area contributed by atoms with Crippen LogP contribution in [0.25, 0.3) is 0 Å². The zero-order valence-electron chi connectivity index (χ0n) is 29.2. The number of carbonyl (C=O) groups excluding carboxylic acids is 2. The number of nitrogens with zero attached hydrogens (tertiary/aromatic N) is 4. The fraction of sp³-hybridized carbons (Fsp3) is 0.559. The van der Waals surface area contributed by atoms with E-state index in [4.69, 9.17) is 36.4 Å². The molecular weight excluding hydrogens is 682 g/mol. The number of thiocarbonyl (C=S) groups is 1. The van der Waals surface area contributed by atoms with Crippen molar-refractivity contribution < 1.29 is 46.1 Å². The molecule has 0 bridgehead atoms. The minimum atomic E-state index is -5.19. The van der Waals surface area contributed by atoms with Gasteiger partial charge < -0.3 is 24.3 Å². The van der Waals surface area contributed by atoms with Crippen LogP contribution in [0.15, 0.2) is 24.4 Å². The van der Waals surface area contributed by atoms with Gasteiger partial charge in [0.25, 0.3) is 5.91 Å². The maximum Gasteiger partial charge on any atom is 0.420 e. The van der Waals surface area contributed by atoms with Gasteiger partial charge in [-0.2, -0.15) is 18.4 Å². The number of rotatable bonds is 16. The summed E-state index contributed by atoms with van der Waals surface area (Å²) in [6, 6.07) is 4.55. The van der Waals surface area contributed by atoms with E-state index in [9.17, 15) is 22.8 Å². The predicted octanol–water partition coefficient (Wildman–Crippen LogP) is 6.17. The highest BCUT2D eigenvalue weighted by atomic mass is 32.1. The molecule has 0 aliphatic carbocycles. The number of pyridine rings is 1. The Morgan fingerprint density at radius 2 is 1.72 bits per heavy atom. The average molecular weight is 726 g/mol. The number of halogens is 4. The van der Waals surface area contributed by atoms with Gasteiger partial charge in [0.2, 0.25) is 11.8 Å². The Kier molecular flexibility index (Phi) is 13.5. The Bertz CT molecular complexity index is 1590. The van der Waals surface area contributed by atoms with Crippen LogP contribution in [-0.4, -0.2) is 73.6 Å². The number of alkyl halides is 3. The van der Waals surface area contributed by atoms with E-state index in [1.54, 1.807) is 0 Å². The smallest absolute Gasteiger partial charge is 0.420 e. The van der Waals surface area contributed by atoms with Gasteiger partial charge in [-0.15, -0.1) is 0 Å². The second-order valence-corrected chi connectivity index (χ2v) is 13.5. The van der Waals surface area contributed by atoms with E-state index in [2.05, 4.69) is 31.1 Å². The molecule has 1 unspecified atom stereocenters. The van der Waals surface area contributed by atoms with Crippen molar-refractivity contribution in [1.29, 1.82) is 5.26 Å². The highest BCUT2D eigenvalue weighted by Gasteiger charge is 2.52. The van der Waals surface area contributed by atoms with Crippen molar-refractivity contribution in [3.8, 4) is 17.7 Å². The number of aromatic nitrogens is 1. The molecular formula is C34H43F4N5O6S. The summed E-state index contributed by atoms with van der Waals surface area (Å²) in [4.78, 5) is 31.8. The number of methoxy groups -OCH3 is 1. The molecule has 1 saturated heterocycles. The highest BCUT2D eigenvalue weighted by molar-refractivity contribution is 7.81. The first kappa shape index (κ1) is 40.4. The molecule has 1 atom stereocenters. The van der Waals surface area contributed by atoms with Crippen LogP contribution in [0.1, 0.15) is 71.9 Å². The van der Waals surface area contributed by atoms with E-state index in [1.807, 2.05) is 6.92 Å². The van der Waals surface area contributed by atoms with Crippen LogP contribution in [0.2, 0.25) is 0 Å². The van der Waals surface area contributed by atoms with Gasteiger partial charge in [-0.05, 0) is 69.8 Å². The van der Waals surface area contributed by atoms with Crippen molar-refractivity contribution in [2.24, 2.45) is 5.41 Å². The zero-order valence-corrected chi connectivity index (χ0v) is 30.0. The number of hydrogen-bond acceptors (Lipinski definition) is 9. The monoisotopic (exact) mass is 725 g/mol. The molecule has 2 heterocycles. The molecule has 2 aromatic rings. The van der Waals surface area contributed by atoms with Crippen molar-refractivity contribution in [1.82, 2.24) is 10.3 Å². The molecule has 2 amide bonds. The summed E-state index contributed by atoms with van der Waals surface area (Å²) in [5.41, 5.74) is -4.77. The molecule has 274 valence electrons. The number of nitriles is 1. The number of hydrogen-bond donors (Lipinski definition) is 1. The molecule has 0 saturated carbocycles. The summed E-state index contributed by atoms with van der Waals surface area (Å²) in [7, 11) is 1.37. The van der Waals surface area contributed by atoms with Crippen LogP contribution < -0.4 is 24.6 Å². The van der Waals surface area contributed by atoms with Crippen molar-refractivity contribution in [3.63, 3.8) is 0 Å². The number of unbranched alkanes of at least 4 members (excludes halogenated alkanes) is 1. The van der Waals surface area contributed by atoms with E-state index < -0.39 is 40.3 Å². The first-order valence-electron chi connectivity index (χ1n) is 16.0. The molecule has 3 rings (SSSR count). The van der Waals surface area contributed by atoms with Crippen molar-refractivity contribution in [2.45, 2.75) is 78.6 Å². The van der Waals surface area contributed by atoms with Gasteiger partial charge in [0, 0.05) is 31.9 Å². The van der Waals surface area contributed by atoms with Crippen LogP contribution in [-0.2, 0) is 25.2 Å². The summed E-state index contributed by atoms with van der Waals surface area (Å²) >= 11 is 5.50. The molecule has 1 fully saturated rings. The molecule has 0 radical (unpaired) electrons. The van der Waals surface area contributed by atoms with Crippen LogP contribution in [0, 0.1) is 22.6 Å². The summed E-state index contributed by atoms with van der Waals surface area (Å²) in [5, 5.41) is 11.7. The molecule has 0 spiro atoms. The second kappa shape index (κ2) is 16.8. The number of benzene rings is 1. The van der Waals surface area contributed by atoms with Gasteiger partial charge in [0.05, 0.1) is 37.2 Å².